The fraction of sp³-hybridized carbons (Fsp3) is 0.423. The Bertz CT molecular complexity index is 1210. The lowest BCUT2D eigenvalue weighted by Gasteiger charge is -2.26. The SMILES string of the molecule is N#CCC(CC1CCNCC1)n1cc(-c2ccnc(Nc3ccc(N4CCOCC4=O)cc3)n2)cn1. The molecule has 2 N–H and O–H groups in total. The molecule has 4 heterocycles. The molecule has 186 valence electrons. The van der Waals surface area contributed by atoms with E-state index in [1.807, 2.05) is 41.2 Å². The molecule has 0 radical (unpaired) electrons. The number of carbonyl (C=O) groups is 1. The average molecular weight is 487 g/mol. The average Bonchev–Trinajstić information content (AvgIpc) is 3.41. The summed E-state index contributed by atoms with van der Waals surface area (Å²) in [6.07, 6.45) is 9.16. The van der Waals surface area contributed by atoms with E-state index in [1.165, 1.54) is 0 Å². The maximum atomic E-state index is 12.1. The third kappa shape index (κ3) is 5.70. The van der Waals surface area contributed by atoms with Crippen molar-refractivity contribution in [2.45, 2.75) is 31.7 Å². The van der Waals surface area contributed by atoms with Gasteiger partial charge >= 0.3 is 0 Å². The van der Waals surface area contributed by atoms with Gasteiger partial charge in [-0.05, 0) is 68.6 Å². The molecule has 3 aromatic rings. The minimum absolute atomic E-state index is 0.0358. The van der Waals surface area contributed by atoms with Gasteiger partial charge in [0.25, 0.3) is 5.91 Å². The fourth-order valence-electron chi connectivity index (χ4n) is 4.79. The standard InChI is InChI=1S/C26H30N8O2/c27-9-5-23(15-19-6-10-28-11-7-19)34-17-20(16-30-34)24-8-12-29-26(32-24)31-21-1-3-22(4-2-21)33-13-14-36-18-25(33)35/h1-4,8,12,16-17,19,23,28H,5-7,10-11,13-15,18H2,(H,29,31,32). The molecule has 0 aliphatic carbocycles. The molecule has 36 heavy (non-hydrogen) atoms. The molecule has 5 rings (SSSR count). The minimum atomic E-state index is -0.0358. The summed E-state index contributed by atoms with van der Waals surface area (Å²) >= 11 is 0. The Labute approximate surface area is 210 Å². The molecule has 1 amide bonds. The van der Waals surface area contributed by atoms with Crippen LogP contribution in [0.4, 0.5) is 17.3 Å². The number of hydrogen-bond acceptors (Lipinski definition) is 8. The van der Waals surface area contributed by atoms with Gasteiger partial charge in [-0.1, -0.05) is 0 Å². The first-order chi connectivity index (χ1) is 17.7. The number of amides is 1. The number of rotatable bonds is 8. The van der Waals surface area contributed by atoms with Gasteiger partial charge in [-0.2, -0.15) is 10.4 Å². The molecule has 10 heteroatoms. The van der Waals surface area contributed by atoms with E-state index in [2.05, 4.69) is 31.8 Å². The quantitative estimate of drug-likeness (QED) is 0.498. The number of hydrogen-bond donors (Lipinski definition) is 2. The second-order valence-corrected chi connectivity index (χ2v) is 9.19. The van der Waals surface area contributed by atoms with Crippen molar-refractivity contribution in [3.8, 4) is 17.3 Å². The lowest BCUT2D eigenvalue weighted by molar-refractivity contribution is -0.125. The normalized spacial score (nSPS) is 17.5. The summed E-state index contributed by atoms with van der Waals surface area (Å²) in [4.78, 5) is 22.8. The van der Waals surface area contributed by atoms with Crippen molar-refractivity contribution in [3.63, 3.8) is 0 Å². The number of nitriles is 1. The summed E-state index contributed by atoms with van der Waals surface area (Å²) < 4.78 is 7.12. The number of ether oxygens (including phenoxy) is 1. The van der Waals surface area contributed by atoms with Crippen LogP contribution in [0.5, 0.6) is 0 Å². The summed E-state index contributed by atoms with van der Waals surface area (Å²) in [5.41, 5.74) is 3.30. The Hall–Kier alpha value is -3.81. The van der Waals surface area contributed by atoms with Crippen molar-refractivity contribution in [1.82, 2.24) is 25.1 Å². The van der Waals surface area contributed by atoms with Crippen LogP contribution >= 0.6 is 0 Å². The number of aromatic nitrogens is 4. The van der Waals surface area contributed by atoms with Gasteiger partial charge in [0, 0.05) is 35.9 Å². The predicted molar refractivity (Wildman–Crippen MR) is 136 cm³/mol. The second kappa shape index (κ2) is 11.3. The van der Waals surface area contributed by atoms with Crippen LogP contribution in [-0.2, 0) is 9.53 Å². The Kier molecular flexibility index (Phi) is 7.50. The molecule has 1 aromatic carbocycles. The molecule has 2 aliphatic rings. The molecule has 2 fully saturated rings. The topological polar surface area (TPSA) is 121 Å². The zero-order chi connectivity index (χ0) is 24.7. The number of nitrogens with zero attached hydrogens (tertiary/aromatic N) is 6. The van der Waals surface area contributed by atoms with Gasteiger partial charge < -0.3 is 20.3 Å². The minimum Gasteiger partial charge on any atom is -0.370 e. The third-order valence-electron chi connectivity index (χ3n) is 6.74. The smallest absolute Gasteiger partial charge is 0.253 e. The highest BCUT2D eigenvalue weighted by Crippen LogP contribution is 2.28. The Morgan fingerprint density at radius 1 is 1.22 bits per heavy atom. The van der Waals surface area contributed by atoms with Crippen LogP contribution in [0.15, 0.2) is 48.9 Å². The number of morpholine rings is 1. The van der Waals surface area contributed by atoms with Crippen LogP contribution in [0, 0.1) is 17.2 Å². The Balaban J connectivity index is 1.26. The summed E-state index contributed by atoms with van der Waals surface area (Å²) in [6, 6.07) is 11.8. The van der Waals surface area contributed by atoms with E-state index in [0.29, 0.717) is 31.4 Å². The number of piperidine rings is 1. The monoisotopic (exact) mass is 486 g/mol. The van der Waals surface area contributed by atoms with Crippen LogP contribution in [0.1, 0.15) is 31.7 Å². The molecular weight excluding hydrogens is 456 g/mol. The lowest BCUT2D eigenvalue weighted by Crippen LogP contribution is -2.41. The Morgan fingerprint density at radius 3 is 2.83 bits per heavy atom. The van der Waals surface area contributed by atoms with Gasteiger partial charge in [-0.3, -0.25) is 9.48 Å². The highest BCUT2D eigenvalue weighted by atomic mass is 16.5. The lowest BCUT2D eigenvalue weighted by atomic mass is 9.90. The van der Waals surface area contributed by atoms with Gasteiger partial charge in [0.15, 0.2) is 0 Å². The number of benzene rings is 1. The molecule has 10 nitrogen and oxygen atoms in total. The highest BCUT2D eigenvalue weighted by molar-refractivity contribution is 5.95. The van der Waals surface area contributed by atoms with Gasteiger partial charge in [0.1, 0.15) is 6.61 Å². The molecule has 0 saturated carbocycles. The van der Waals surface area contributed by atoms with E-state index < -0.39 is 0 Å². The zero-order valence-corrected chi connectivity index (χ0v) is 20.1. The molecular formula is C26H30N8O2. The molecule has 1 unspecified atom stereocenters. The van der Waals surface area contributed by atoms with Gasteiger partial charge in [0.05, 0.1) is 37.0 Å². The van der Waals surface area contributed by atoms with Crippen LogP contribution in [0.2, 0.25) is 0 Å². The van der Waals surface area contributed by atoms with Crippen LogP contribution < -0.4 is 15.5 Å². The molecule has 0 spiro atoms. The number of anilines is 3. The maximum Gasteiger partial charge on any atom is 0.253 e. The van der Waals surface area contributed by atoms with Crippen molar-refractivity contribution in [2.24, 2.45) is 5.92 Å². The molecule has 2 aromatic heterocycles. The molecule has 2 saturated heterocycles. The zero-order valence-electron chi connectivity index (χ0n) is 20.1. The van der Waals surface area contributed by atoms with Crippen molar-refractivity contribution in [2.75, 3.05) is 43.1 Å². The van der Waals surface area contributed by atoms with Crippen molar-refractivity contribution < 1.29 is 9.53 Å². The van der Waals surface area contributed by atoms with Crippen LogP contribution in [0.3, 0.4) is 0 Å². The number of carbonyl (C=O) groups excluding carboxylic acids is 1. The first-order valence-electron chi connectivity index (χ1n) is 12.4. The first-order valence-corrected chi connectivity index (χ1v) is 12.4. The largest absolute Gasteiger partial charge is 0.370 e. The van der Waals surface area contributed by atoms with Crippen LogP contribution in [-0.4, -0.2) is 58.5 Å². The highest BCUT2D eigenvalue weighted by Gasteiger charge is 2.22. The molecule has 0 bridgehead atoms. The maximum absolute atomic E-state index is 12.1. The van der Waals surface area contributed by atoms with E-state index in [-0.39, 0.29) is 18.6 Å². The molecule has 1 atom stereocenters. The van der Waals surface area contributed by atoms with E-state index in [4.69, 9.17) is 4.74 Å². The summed E-state index contributed by atoms with van der Waals surface area (Å²) in [5.74, 6) is 1.05. The number of nitrogens with one attached hydrogen (secondary N) is 2. The van der Waals surface area contributed by atoms with Gasteiger partial charge in [-0.25, -0.2) is 9.97 Å². The Morgan fingerprint density at radius 2 is 2.06 bits per heavy atom. The van der Waals surface area contributed by atoms with E-state index in [9.17, 15) is 10.1 Å². The van der Waals surface area contributed by atoms with Crippen molar-refractivity contribution in [3.05, 3.63) is 48.9 Å². The van der Waals surface area contributed by atoms with Crippen LogP contribution in [0.25, 0.3) is 11.3 Å². The molecule has 2 aliphatic heterocycles. The third-order valence-corrected chi connectivity index (χ3v) is 6.74. The van der Waals surface area contributed by atoms with E-state index in [1.54, 1.807) is 17.3 Å². The van der Waals surface area contributed by atoms with Gasteiger partial charge in [-0.15, -0.1) is 0 Å². The predicted octanol–water partition coefficient (Wildman–Crippen LogP) is 3.29. The summed E-state index contributed by atoms with van der Waals surface area (Å²) in [7, 11) is 0. The fourth-order valence-corrected chi connectivity index (χ4v) is 4.79. The first kappa shape index (κ1) is 23.9. The second-order valence-electron chi connectivity index (χ2n) is 9.19. The summed E-state index contributed by atoms with van der Waals surface area (Å²) in [5, 5.41) is 20.6. The van der Waals surface area contributed by atoms with E-state index >= 15 is 0 Å². The van der Waals surface area contributed by atoms with Crippen molar-refractivity contribution >= 4 is 23.2 Å². The van der Waals surface area contributed by atoms with Gasteiger partial charge in [0.2, 0.25) is 5.95 Å². The summed E-state index contributed by atoms with van der Waals surface area (Å²) in [6.45, 7) is 3.29. The van der Waals surface area contributed by atoms with Crippen molar-refractivity contribution in [1.29, 1.82) is 5.26 Å². The van der Waals surface area contributed by atoms with E-state index in [0.717, 1.165) is 55.0 Å².